The van der Waals surface area contributed by atoms with E-state index in [0.717, 1.165) is 5.56 Å². The van der Waals surface area contributed by atoms with Crippen molar-refractivity contribution in [2.24, 2.45) is 5.92 Å². The van der Waals surface area contributed by atoms with Crippen LogP contribution < -0.4 is 9.62 Å². The van der Waals surface area contributed by atoms with E-state index in [1.165, 1.54) is 11.4 Å². The van der Waals surface area contributed by atoms with Crippen LogP contribution in [0.25, 0.3) is 0 Å². The fourth-order valence-corrected chi connectivity index (χ4v) is 3.48. The van der Waals surface area contributed by atoms with Crippen LogP contribution in [0.15, 0.2) is 53.4 Å². The molecule has 2 aromatic rings. The van der Waals surface area contributed by atoms with E-state index >= 15 is 0 Å². The summed E-state index contributed by atoms with van der Waals surface area (Å²) >= 11 is 0. The molecule has 0 saturated carbocycles. The average Bonchev–Trinajstić information content (AvgIpc) is 2.61. The van der Waals surface area contributed by atoms with Crippen molar-refractivity contribution >= 4 is 21.6 Å². The van der Waals surface area contributed by atoms with Crippen molar-refractivity contribution in [3.05, 3.63) is 59.7 Å². The molecule has 0 aliphatic carbocycles. The van der Waals surface area contributed by atoms with Gasteiger partial charge in [-0.3, -0.25) is 9.10 Å². The predicted molar refractivity (Wildman–Crippen MR) is 105 cm³/mol. The molecule has 0 saturated heterocycles. The molecular weight excluding hydrogens is 348 g/mol. The van der Waals surface area contributed by atoms with Crippen molar-refractivity contribution in [2.45, 2.75) is 38.6 Å². The molecular formula is C20H26N2O3S. The van der Waals surface area contributed by atoms with Gasteiger partial charge in [-0.2, -0.15) is 0 Å². The molecule has 0 bridgehead atoms. The number of benzene rings is 2. The third-order valence-electron chi connectivity index (χ3n) is 4.53. The topological polar surface area (TPSA) is 66.5 Å². The maximum Gasteiger partial charge on any atom is 0.264 e. The van der Waals surface area contributed by atoms with Gasteiger partial charge in [0.2, 0.25) is 0 Å². The Kier molecular flexibility index (Phi) is 6.08. The minimum atomic E-state index is -3.64. The van der Waals surface area contributed by atoms with Gasteiger partial charge < -0.3 is 5.32 Å². The van der Waals surface area contributed by atoms with Crippen molar-refractivity contribution in [1.29, 1.82) is 0 Å². The first-order valence-electron chi connectivity index (χ1n) is 8.59. The van der Waals surface area contributed by atoms with Crippen molar-refractivity contribution in [1.82, 2.24) is 5.32 Å². The third kappa shape index (κ3) is 4.43. The van der Waals surface area contributed by atoms with Gasteiger partial charge in [0.1, 0.15) is 0 Å². The minimum absolute atomic E-state index is 0.0618. The van der Waals surface area contributed by atoms with Gasteiger partial charge in [-0.1, -0.05) is 31.5 Å². The van der Waals surface area contributed by atoms with Gasteiger partial charge >= 0.3 is 0 Å². The van der Waals surface area contributed by atoms with Crippen LogP contribution in [0, 0.1) is 12.8 Å². The molecule has 140 valence electrons. The zero-order valence-corrected chi connectivity index (χ0v) is 16.7. The van der Waals surface area contributed by atoms with Crippen LogP contribution in [-0.2, 0) is 10.0 Å². The first-order valence-corrected chi connectivity index (χ1v) is 10.0. The molecule has 2 aromatic carbocycles. The Morgan fingerprint density at radius 1 is 0.962 bits per heavy atom. The maximum absolute atomic E-state index is 12.7. The number of amides is 1. The summed E-state index contributed by atoms with van der Waals surface area (Å²) < 4.78 is 26.7. The second kappa shape index (κ2) is 7.91. The smallest absolute Gasteiger partial charge is 0.264 e. The molecule has 0 aliphatic heterocycles. The van der Waals surface area contributed by atoms with Gasteiger partial charge in [-0.05, 0) is 56.2 Å². The number of nitrogens with zero attached hydrogens (tertiary/aromatic N) is 1. The lowest BCUT2D eigenvalue weighted by molar-refractivity contribution is 0.0930. The number of hydrogen-bond donors (Lipinski definition) is 1. The summed E-state index contributed by atoms with van der Waals surface area (Å²) in [5.41, 5.74) is 2.00. The highest BCUT2D eigenvalue weighted by Gasteiger charge is 2.21. The number of hydrogen-bond acceptors (Lipinski definition) is 3. The van der Waals surface area contributed by atoms with Crippen LogP contribution >= 0.6 is 0 Å². The van der Waals surface area contributed by atoms with Crippen molar-refractivity contribution < 1.29 is 13.2 Å². The van der Waals surface area contributed by atoms with E-state index in [9.17, 15) is 13.2 Å². The lowest BCUT2D eigenvalue weighted by Gasteiger charge is -2.20. The van der Waals surface area contributed by atoms with Crippen molar-refractivity contribution in [3.8, 4) is 0 Å². The summed E-state index contributed by atoms with van der Waals surface area (Å²) in [6.45, 7) is 7.95. The lowest BCUT2D eigenvalue weighted by Crippen LogP contribution is -2.36. The summed E-state index contributed by atoms with van der Waals surface area (Å²) in [5, 5.41) is 2.93. The second-order valence-corrected chi connectivity index (χ2v) is 8.81. The maximum atomic E-state index is 12.7. The van der Waals surface area contributed by atoms with E-state index in [0.29, 0.717) is 17.2 Å². The zero-order valence-electron chi connectivity index (χ0n) is 15.9. The molecule has 0 fully saturated rings. The molecule has 26 heavy (non-hydrogen) atoms. The summed E-state index contributed by atoms with van der Waals surface area (Å²) in [6.07, 6.45) is 0. The van der Waals surface area contributed by atoms with Crippen LogP contribution in [0.1, 0.15) is 36.7 Å². The number of carbonyl (C=O) groups excluding carboxylic acids is 1. The number of anilines is 1. The Balaban J connectivity index is 2.19. The fourth-order valence-electron chi connectivity index (χ4n) is 2.29. The number of aryl methyl sites for hydroxylation is 1. The number of rotatable bonds is 6. The third-order valence-corrected chi connectivity index (χ3v) is 6.33. The van der Waals surface area contributed by atoms with Crippen molar-refractivity contribution in [3.63, 3.8) is 0 Å². The second-order valence-electron chi connectivity index (χ2n) is 6.84. The van der Waals surface area contributed by atoms with Crippen LogP contribution in [-0.4, -0.2) is 27.4 Å². The van der Waals surface area contributed by atoms with Crippen LogP contribution in [0.3, 0.4) is 0 Å². The summed E-state index contributed by atoms with van der Waals surface area (Å²) in [6, 6.07) is 13.3. The number of carbonyl (C=O) groups is 1. The molecule has 6 heteroatoms. The molecule has 1 amide bonds. The Bertz CT molecular complexity index is 857. The highest BCUT2D eigenvalue weighted by Crippen LogP contribution is 2.22. The summed E-state index contributed by atoms with van der Waals surface area (Å²) in [7, 11) is -2.13. The van der Waals surface area contributed by atoms with Gasteiger partial charge in [0.25, 0.3) is 15.9 Å². The minimum Gasteiger partial charge on any atom is -0.349 e. The lowest BCUT2D eigenvalue weighted by atomic mass is 10.1. The molecule has 0 heterocycles. The molecule has 0 radical (unpaired) electrons. The fraction of sp³-hybridized carbons (Fsp3) is 0.350. The highest BCUT2D eigenvalue weighted by molar-refractivity contribution is 7.92. The van der Waals surface area contributed by atoms with Crippen LogP contribution in [0.5, 0.6) is 0 Å². The highest BCUT2D eigenvalue weighted by atomic mass is 32.2. The monoisotopic (exact) mass is 374 g/mol. The van der Waals surface area contributed by atoms with Gasteiger partial charge in [0.05, 0.1) is 10.6 Å². The molecule has 1 N–H and O–H groups in total. The molecule has 0 aromatic heterocycles. The van der Waals surface area contributed by atoms with E-state index in [4.69, 9.17) is 0 Å². The van der Waals surface area contributed by atoms with E-state index in [2.05, 4.69) is 5.32 Å². The Hall–Kier alpha value is -2.34. The van der Waals surface area contributed by atoms with Gasteiger partial charge in [-0.15, -0.1) is 0 Å². The Morgan fingerprint density at radius 3 is 2.00 bits per heavy atom. The first kappa shape index (κ1) is 20.0. The van der Waals surface area contributed by atoms with Gasteiger partial charge in [0.15, 0.2) is 0 Å². The number of sulfonamides is 1. The average molecular weight is 375 g/mol. The van der Waals surface area contributed by atoms with Crippen LogP contribution in [0.4, 0.5) is 5.69 Å². The van der Waals surface area contributed by atoms with E-state index in [-0.39, 0.29) is 16.8 Å². The molecule has 2 rings (SSSR count). The molecule has 0 spiro atoms. The van der Waals surface area contributed by atoms with E-state index in [1.807, 2.05) is 27.7 Å². The first-order chi connectivity index (χ1) is 12.1. The van der Waals surface area contributed by atoms with Gasteiger partial charge in [-0.25, -0.2) is 8.42 Å². The zero-order chi connectivity index (χ0) is 19.5. The SMILES string of the molecule is Cc1ccc(S(=O)(=O)N(C)c2ccc(C(=O)NC(C)C(C)C)cc2)cc1. The number of nitrogens with one attached hydrogen (secondary N) is 1. The Labute approximate surface area is 156 Å². The molecule has 5 nitrogen and oxygen atoms in total. The normalized spacial score (nSPS) is 12.7. The molecule has 1 unspecified atom stereocenters. The molecule has 1 atom stereocenters. The largest absolute Gasteiger partial charge is 0.349 e. The van der Waals surface area contributed by atoms with E-state index in [1.54, 1.807) is 48.5 Å². The molecule has 0 aliphatic rings. The van der Waals surface area contributed by atoms with Gasteiger partial charge in [0, 0.05) is 18.7 Å². The van der Waals surface area contributed by atoms with Crippen LogP contribution in [0.2, 0.25) is 0 Å². The van der Waals surface area contributed by atoms with E-state index < -0.39 is 10.0 Å². The summed E-state index contributed by atoms with van der Waals surface area (Å²) in [4.78, 5) is 12.5. The predicted octanol–water partition coefficient (Wildman–Crippen LogP) is 3.59. The van der Waals surface area contributed by atoms with Crippen molar-refractivity contribution in [2.75, 3.05) is 11.4 Å². The summed E-state index contributed by atoms with van der Waals surface area (Å²) in [5.74, 6) is 0.172. The Morgan fingerprint density at radius 2 is 1.50 bits per heavy atom. The quantitative estimate of drug-likeness (QED) is 0.840. The standard InChI is InChI=1S/C20H26N2O3S/c1-14(2)16(4)21-20(23)17-8-10-18(11-9-17)22(5)26(24,25)19-12-6-15(3)7-13-19/h6-14,16H,1-5H3,(H,21,23).